The van der Waals surface area contributed by atoms with Crippen molar-refractivity contribution in [2.75, 3.05) is 5.73 Å². The van der Waals surface area contributed by atoms with E-state index < -0.39 is 0 Å². The minimum absolute atomic E-state index is 0.287. The largest absolute Gasteiger partial charge is 0.367 e. The van der Waals surface area contributed by atoms with Crippen LogP contribution < -0.4 is 5.73 Å². The van der Waals surface area contributed by atoms with Gasteiger partial charge in [0.1, 0.15) is 11.8 Å². The van der Waals surface area contributed by atoms with Gasteiger partial charge in [0.2, 0.25) is 5.95 Å². The lowest BCUT2D eigenvalue weighted by atomic mass is 10.3. The standard InChI is InChI=1S/C6H5N3.C2H4N4/c1-2-4-6-5(3-1)7-9-8-6;3-2-4-1-5-6-2/h1-4H,(H,7,8,9);1H,(H3,3,4,5,6). The average molecular weight is 203 g/mol. The molecule has 0 aliphatic carbocycles. The minimum atomic E-state index is 0.287. The molecule has 1 aromatic carbocycles. The van der Waals surface area contributed by atoms with Gasteiger partial charge in [-0.3, -0.25) is 10.2 Å². The first-order valence-corrected chi connectivity index (χ1v) is 4.23. The van der Waals surface area contributed by atoms with E-state index in [4.69, 9.17) is 5.73 Å². The van der Waals surface area contributed by atoms with Crippen LogP contribution in [0.3, 0.4) is 0 Å². The van der Waals surface area contributed by atoms with Crippen molar-refractivity contribution < 1.29 is 0 Å². The number of rotatable bonds is 0. The zero-order valence-electron chi connectivity index (χ0n) is 7.75. The molecule has 0 saturated carbocycles. The molecule has 3 aromatic rings. The molecule has 0 amide bonds. The van der Waals surface area contributed by atoms with Crippen LogP contribution in [0.15, 0.2) is 30.6 Å². The van der Waals surface area contributed by atoms with Gasteiger partial charge >= 0.3 is 0 Å². The molecular weight excluding hydrogens is 194 g/mol. The van der Waals surface area contributed by atoms with Crippen LogP contribution in [0.4, 0.5) is 5.95 Å². The predicted octanol–water partition coefficient (Wildman–Crippen LogP) is 0.345. The van der Waals surface area contributed by atoms with Crippen LogP contribution in [-0.2, 0) is 0 Å². The van der Waals surface area contributed by atoms with E-state index in [2.05, 4.69) is 30.6 Å². The Morgan fingerprint density at radius 1 is 1.20 bits per heavy atom. The summed E-state index contributed by atoms with van der Waals surface area (Å²) in [7, 11) is 0. The molecule has 0 bridgehead atoms. The summed E-state index contributed by atoms with van der Waals surface area (Å²) in [6.45, 7) is 0. The maximum Gasteiger partial charge on any atom is 0.239 e. The number of fused-ring (bicyclic) bond motifs is 1. The molecule has 2 aromatic heterocycles. The van der Waals surface area contributed by atoms with E-state index in [-0.39, 0.29) is 5.95 Å². The average Bonchev–Trinajstić information content (AvgIpc) is 2.88. The van der Waals surface area contributed by atoms with Gasteiger partial charge in [0.05, 0.1) is 5.52 Å². The first kappa shape index (κ1) is 9.13. The molecule has 0 aliphatic rings. The lowest BCUT2D eigenvalue weighted by Gasteiger charge is -1.79. The third-order valence-corrected chi connectivity index (χ3v) is 1.67. The molecule has 0 aliphatic heterocycles. The number of para-hydroxylation sites is 1. The second-order valence-electron chi connectivity index (χ2n) is 2.69. The molecule has 7 heteroatoms. The highest BCUT2D eigenvalue weighted by Crippen LogP contribution is 2.03. The van der Waals surface area contributed by atoms with Gasteiger partial charge in [-0.1, -0.05) is 17.3 Å². The Balaban J connectivity index is 0.000000124. The maximum absolute atomic E-state index is 5.02. The number of nitrogens with one attached hydrogen (secondary N) is 2. The minimum Gasteiger partial charge on any atom is -0.367 e. The number of aromatic amines is 2. The highest BCUT2D eigenvalue weighted by molar-refractivity contribution is 5.72. The van der Waals surface area contributed by atoms with Gasteiger partial charge in [0.25, 0.3) is 0 Å². The van der Waals surface area contributed by atoms with E-state index in [1.54, 1.807) is 0 Å². The third kappa shape index (κ3) is 2.27. The Morgan fingerprint density at radius 3 is 2.67 bits per heavy atom. The Morgan fingerprint density at radius 2 is 2.07 bits per heavy atom. The first-order chi connectivity index (χ1) is 7.36. The van der Waals surface area contributed by atoms with Crippen LogP contribution >= 0.6 is 0 Å². The number of hydrogen-bond donors (Lipinski definition) is 3. The number of benzene rings is 1. The van der Waals surface area contributed by atoms with Crippen LogP contribution in [-0.4, -0.2) is 30.6 Å². The number of nitrogens with two attached hydrogens (primary N) is 1. The molecule has 2 heterocycles. The summed E-state index contributed by atoms with van der Waals surface area (Å²) in [5.74, 6) is 0.287. The molecular formula is C8H9N7. The monoisotopic (exact) mass is 203 g/mol. The maximum atomic E-state index is 5.02. The lowest BCUT2D eigenvalue weighted by molar-refractivity contribution is 0.959. The van der Waals surface area contributed by atoms with E-state index in [1.807, 2.05) is 24.3 Å². The lowest BCUT2D eigenvalue weighted by Crippen LogP contribution is -1.84. The fourth-order valence-electron chi connectivity index (χ4n) is 1.01. The van der Waals surface area contributed by atoms with Gasteiger partial charge in [0, 0.05) is 0 Å². The van der Waals surface area contributed by atoms with E-state index in [1.165, 1.54) is 6.33 Å². The molecule has 76 valence electrons. The highest BCUT2D eigenvalue weighted by Gasteiger charge is 1.90. The van der Waals surface area contributed by atoms with Crippen molar-refractivity contribution in [3.05, 3.63) is 30.6 Å². The zero-order chi connectivity index (χ0) is 10.5. The summed E-state index contributed by atoms with van der Waals surface area (Å²) in [6.07, 6.45) is 1.43. The fraction of sp³-hybridized carbons (Fsp3) is 0. The second kappa shape index (κ2) is 4.18. The predicted molar refractivity (Wildman–Crippen MR) is 54.7 cm³/mol. The van der Waals surface area contributed by atoms with Gasteiger partial charge in [-0.05, 0) is 12.1 Å². The van der Waals surface area contributed by atoms with Gasteiger partial charge in [0.15, 0.2) is 0 Å². The molecule has 4 N–H and O–H groups in total. The Hall–Kier alpha value is -2.44. The van der Waals surface area contributed by atoms with Gasteiger partial charge in [-0.15, -0.1) is 10.2 Å². The smallest absolute Gasteiger partial charge is 0.239 e. The van der Waals surface area contributed by atoms with Crippen LogP contribution in [0, 0.1) is 0 Å². The van der Waals surface area contributed by atoms with Crippen molar-refractivity contribution in [1.29, 1.82) is 0 Å². The fourth-order valence-corrected chi connectivity index (χ4v) is 1.01. The van der Waals surface area contributed by atoms with Crippen molar-refractivity contribution in [1.82, 2.24) is 30.6 Å². The number of anilines is 1. The number of aromatic nitrogens is 6. The molecule has 0 saturated heterocycles. The molecule has 3 rings (SSSR count). The number of nitrogens with zero attached hydrogens (tertiary/aromatic N) is 4. The number of H-pyrrole nitrogens is 2. The van der Waals surface area contributed by atoms with Crippen molar-refractivity contribution in [3.8, 4) is 0 Å². The summed E-state index contributed by atoms with van der Waals surface area (Å²) >= 11 is 0. The Kier molecular flexibility index (Phi) is 2.54. The van der Waals surface area contributed by atoms with Crippen LogP contribution in [0.1, 0.15) is 0 Å². The van der Waals surface area contributed by atoms with Crippen LogP contribution in [0.25, 0.3) is 11.0 Å². The molecule has 0 fully saturated rings. The SMILES string of the molecule is Nc1nc[nH]n1.c1ccc2[nH]nnc2c1. The highest BCUT2D eigenvalue weighted by atomic mass is 15.3. The third-order valence-electron chi connectivity index (χ3n) is 1.67. The van der Waals surface area contributed by atoms with E-state index >= 15 is 0 Å². The summed E-state index contributed by atoms with van der Waals surface area (Å²) < 4.78 is 0. The van der Waals surface area contributed by atoms with Crippen molar-refractivity contribution in [2.45, 2.75) is 0 Å². The molecule has 0 atom stereocenters. The topological polar surface area (TPSA) is 109 Å². The van der Waals surface area contributed by atoms with Crippen molar-refractivity contribution in [2.24, 2.45) is 0 Å². The van der Waals surface area contributed by atoms with Gasteiger partial charge < -0.3 is 5.73 Å². The molecule has 0 spiro atoms. The molecule has 0 radical (unpaired) electrons. The Labute approximate surface area is 84.7 Å². The van der Waals surface area contributed by atoms with Crippen LogP contribution in [0.2, 0.25) is 0 Å². The molecule has 7 nitrogen and oxygen atoms in total. The summed E-state index contributed by atoms with van der Waals surface area (Å²) in [4.78, 5) is 3.53. The van der Waals surface area contributed by atoms with E-state index in [0.717, 1.165) is 11.0 Å². The second-order valence-corrected chi connectivity index (χ2v) is 2.69. The number of hydrogen-bond acceptors (Lipinski definition) is 5. The summed E-state index contributed by atoms with van der Waals surface area (Å²) in [5.41, 5.74) is 6.92. The van der Waals surface area contributed by atoms with Crippen molar-refractivity contribution in [3.63, 3.8) is 0 Å². The molecule has 0 unspecified atom stereocenters. The zero-order valence-corrected chi connectivity index (χ0v) is 7.75. The number of nitrogen functional groups attached to an aromatic ring is 1. The van der Waals surface area contributed by atoms with Gasteiger partial charge in [-0.2, -0.15) is 0 Å². The van der Waals surface area contributed by atoms with E-state index in [9.17, 15) is 0 Å². The quantitative estimate of drug-likeness (QED) is 0.488. The first-order valence-electron chi connectivity index (χ1n) is 4.23. The molecule has 15 heavy (non-hydrogen) atoms. The summed E-state index contributed by atoms with van der Waals surface area (Å²) in [5, 5.41) is 16.1. The summed E-state index contributed by atoms with van der Waals surface area (Å²) in [6, 6.07) is 7.74. The van der Waals surface area contributed by atoms with Gasteiger partial charge in [-0.25, -0.2) is 4.98 Å². The van der Waals surface area contributed by atoms with Crippen molar-refractivity contribution >= 4 is 17.0 Å². The van der Waals surface area contributed by atoms with Crippen LogP contribution in [0.5, 0.6) is 0 Å². The van der Waals surface area contributed by atoms with E-state index in [0.29, 0.717) is 0 Å². The Bertz CT molecular complexity index is 482. The normalized spacial score (nSPS) is 9.60.